The lowest BCUT2D eigenvalue weighted by molar-refractivity contribution is -0.144. The van der Waals surface area contributed by atoms with Crippen LogP contribution >= 0.6 is 11.8 Å². The van der Waals surface area contributed by atoms with Crippen molar-refractivity contribution in [2.45, 2.75) is 139 Å². The van der Waals surface area contributed by atoms with Gasteiger partial charge in [0.25, 0.3) is 0 Å². The third-order valence-electron chi connectivity index (χ3n) is 10.9. The van der Waals surface area contributed by atoms with Gasteiger partial charge in [-0.1, -0.05) is 13.8 Å². The van der Waals surface area contributed by atoms with Gasteiger partial charge in [-0.15, -0.1) is 0 Å². The molecule has 398 valence electrons. The number of unbranched alkanes of at least 4 members (excludes halogenated alkanes) is 1. The van der Waals surface area contributed by atoms with Gasteiger partial charge < -0.3 is 90.2 Å². The number of rotatable bonds is 32. The number of aliphatic hydroxyl groups is 4. The van der Waals surface area contributed by atoms with Crippen LogP contribution < -0.4 is 59.7 Å². The van der Waals surface area contributed by atoms with E-state index in [1.807, 2.05) is 0 Å². The Kier molecular flexibility index (Phi) is 28.0. The van der Waals surface area contributed by atoms with E-state index in [0.29, 0.717) is 31.6 Å². The number of aliphatic carboxylic acids is 1. The zero-order valence-corrected chi connectivity index (χ0v) is 40.8. The molecule has 0 radical (unpaired) electrons. The number of aliphatic hydroxyl groups excluding tert-OH is 4. The summed E-state index contributed by atoms with van der Waals surface area (Å²) >= 11 is 1.32. The molecule has 1 aliphatic rings. The molecule has 1 aliphatic heterocycles. The summed E-state index contributed by atoms with van der Waals surface area (Å²) in [6, 6.07) is -14.9. The van der Waals surface area contributed by atoms with E-state index in [1.54, 1.807) is 20.1 Å². The number of carbonyl (C=O) groups excluding carboxylic acids is 10. The largest absolute Gasteiger partial charge is 0.480 e. The Morgan fingerprint density at radius 2 is 1.17 bits per heavy atom. The summed E-state index contributed by atoms with van der Waals surface area (Å²) in [5.74, 6) is -11.6. The van der Waals surface area contributed by atoms with Crippen LogP contribution in [0.4, 0.5) is 0 Å². The number of likely N-dealkylation sites (tertiary alicyclic amines) is 1. The second kappa shape index (κ2) is 31.5. The standard InChI is InChI=1S/C41H72N12O16S/c1-19(2)30(51-38(65)28-10-8-13-53(28)40(67)31(21(4)57)52-33(60)22(43)16-54)39(66)50-27(18-56)37(64)49-26(17-55)36(63)45-20(3)32(59)48-25(15-29(44)58)35(62)46-23(11-14-70-5)34(61)47-24(41(68)69)9-6-7-12-42/h19-28,30-31,54-57H,6-18,42-43H2,1-5H3,(H2,44,58)(H,45,63)(H,46,62)(H,47,61)(H,48,59)(H,49,64)(H,50,66)(H,51,65)(H,52,60)(H,68,69)/t20-,21+,22-,23-,24-,25-,26-,27-,28-,30-,31-/m0/s1. The number of primary amides is 1. The van der Waals surface area contributed by atoms with Gasteiger partial charge >= 0.3 is 5.97 Å². The molecule has 1 rings (SSSR count). The van der Waals surface area contributed by atoms with Gasteiger partial charge in [-0.2, -0.15) is 11.8 Å². The zero-order valence-electron chi connectivity index (χ0n) is 39.9. The summed E-state index contributed by atoms with van der Waals surface area (Å²) in [7, 11) is 0. The lowest BCUT2D eigenvalue weighted by atomic mass is 10.0. The molecule has 0 bridgehead atoms. The number of carboxylic acids is 1. The fourth-order valence-corrected chi connectivity index (χ4v) is 7.28. The Labute approximate surface area is 408 Å². The number of thioether (sulfide) groups is 1. The predicted molar refractivity (Wildman–Crippen MR) is 249 cm³/mol. The number of carboxylic acid groups (broad SMARTS) is 1. The van der Waals surface area contributed by atoms with Crippen molar-refractivity contribution < 1.29 is 78.3 Å². The summed E-state index contributed by atoms with van der Waals surface area (Å²) in [6.45, 7) is 2.93. The highest BCUT2D eigenvalue weighted by molar-refractivity contribution is 7.98. The maximum atomic E-state index is 13.6. The van der Waals surface area contributed by atoms with E-state index < -0.39 is 164 Å². The highest BCUT2D eigenvalue weighted by Gasteiger charge is 2.41. The van der Waals surface area contributed by atoms with E-state index in [0.717, 1.165) is 11.8 Å². The third-order valence-corrected chi connectivity index (χ3v) is 11.5. The molecular formula is C41H72N12O16S. The number of nitrogens with two attached hydrogens (primary N) is 3. The van der Waals surface area contributed by atoms with Gasteiger partial charge in [0.05, 0.1) is 32.3 Å². The van der Waals surface area contributed by atoms with Crippen LogP contribution in [-0.4, -0.2) is 207 Å². The summed E-state index contributed by atoms with van der Waals surface area (Å²) < 4.78 is 0. The van der Waals surface area contributed by atoms with Crippen LogP contribution in [0.3, 0.4) is 0 Å². The molecule has 70 heavy (non-hydrogen) atoms. The fourth-order valence-electron chi connectivity index (χ4n) is 6.81. The van der Waals surface area contributed by atoms with E-state index in [9.17, 15) is 78.3 Å². The minimum atomic E-state index is -1.81. The van der Waals surface area contributed by atoms with Crippen molar-refractivity contribution in [3.63, 3.8) is 0 Å². The maximum Gasteiger partial charge on any atom is 0.326 e. The number of hydrogen-bond acceptors (Lipinski definition) is 18. The average molecular weight is 1020 g/mol. The van der Waals surface area contributed by atoms with Crippen LogP contribution in [0, 0.1) is 5.92 Å². The average Bonchev–Trinajstić information content (AvgIpc) is 3.80. The van der Waals surface area contributed by atoms with Crippen LogP contribution in [0.1, 0.15) is 72.6 Å². The van der Waals surface area contributed by atoms with E-state index in [1.165, 1.54) is 18.7 Å². The predicted octanol–water partition coefficient (Wildman–Crippen LogP) is -7.94. The van der Waals surface area contributed by atoms with Crippen molar-refractivity contribution in [1.82, 2.24) is 47.4 Å². The van der Waals surface area contributed by atoms with Crippen LogP contribution in [0.2, 0.25) is 0 Å². The molecule has 11 atom stereocenters. The molecule has 29 heteroatoms. The molecule has 1 heterocycles. The highest BCUT2D eigenvalue weighted by Crippen LogP contribution is 2.20. The first-order valence-corrected chi connectivity index (χ1v) is 24.0. The van der Waals surface area contributed by atoms with Crippen molar-refractivity contribution in [2.24, 2.45) is 23.1 Å². The Morgan fingerprint density at radius 3 is 1.69 bits per heavy atom. The summed E-state index contributed by atoms with van der Waals surface area (Å²) in [6.07, 6.45) is 0.942. The second-order valence-electron chi connectivity index (χ2n) is 16.9. The molecular weight excluding hydrogens is 949 g/mol. The third kappa shape index (κ3) is 20.3. The first-order chi connectivity index (χ1) is 32.9. The number of hydrogen-bond donors (Lipinski definition) is 16. The Morgan fingerprint density at radius 1 is 0.643 bits per heavy atom. The van der Waals surface area contributed by atoms with Crippen LogP contribution in [-0.2, 0) is 52.7 Å². The molecule has 1 fully saturated rings. The number of amides is 10. The Balaban J connectivity index is 3.06. The lowest BCUT2D eigenvalue weighted by Gasteiger charge is -2.32. The quantitative estimate of drug-likeness (QED) is 0.0278. The number of nitrogens with zero attached hydrogens (tertiary/aromatic N) is 1. The van der Waals surface area contributed by atoms with Gasteiger partial charge in [0.2, 0.25) is 59.1 Å². The van der Waals surface area contributed by atoms with Gasteiger partial charge in [0.15, 0.2) is 0 Å². The summed E-state index contributed by atoms with van der Waals surface area (Å²) in [5, 5.41) is 67.6. The fraction of sp³-hybridized carbons (Fsp3) is 0.732. The molecule has 1 saturated heterocycles. The molecule has 0 unspecified atom stereocenters. The van der Waals surface area contributed by atoms with Crippen molar-refractivity contribution in [2.75, 3.05) is 44.9 Å². The van der Waals surface area contributed by atoms with Gasteiger partial charge in [-0.05, 0) is 76.8 Å². The van der Waals surface area contributed by atoms with Crippen molar-refractivity contribution in [3.05, 3.63) is 0 Å². The van der Waals surface area contributed by atoms with Gasteiger partial charge in [0.1, 0.15) is 60.4 Å². The Bertz CT molecular complexity index is 1830. The maximum absolute atomic E-state index is 13.6. The normalized spacial score (nSPS) is 17.7. The smallest absolute Gasteiger partial charge is 0.326 e. The minimum Gasteiger partial charge on any atom is -0.480 e. The SMILES string of the molecule is CSCC[C@H](NC(=O)[C@H](CC(N)=O)NC(=O)[C@H](C)NC(=O)[C@H](CO)NC(=O)[C@H](CO)NC(=O)[C@@H](NC(=O)[C@@H]1CCCN1C(=O)[C@@H](NC(=O)[C@@H](N)CO)[C@@H](C)O)C(C)C)C(=O)N[C@@H](CCCCN)C(=O)O. The van der Waals surface area contributed by atoms with Gasteiger partial charge in [-0.3, -0.25) is 47.9 Å². The van der Waals surface area contributed by atoms with Gasteiger partial charge in [-0.25, -0.2) is 4.79 Å². The first kappa shape index (κ1) is 62.3. The second-order valence-corrected chi connectivity index (χ2v) is 17.9. The molecule has 0 aromatic rings. The molecule has 0 aromatic carbocycles. The van der Waals surface area contributed by atoms with Crippen LogP contribution in [0.25, 0.3) is 0 Å². The van der Waals surface area contributed by atoms with E-state index >= 15 is 0 Å². The first-order valence-electron chi connectivity index (χ1n) is 22.6. The minimum absolute atomic E-state index is 0.0192. The number of carbonyl (C=O) groups is 11. The summed E-state index contributed by atoms with van der Waals surface area (Å²) in [4.78, 5) is 144. The van der Waals surface area contributed by atoms with Crippen molar-refractivity contribution >= 4 is 76.8 Å². The summed E-state index contributed by atoms with van der Waals surface area (Å²) in [5.41, 5.74) is 16.3. The molecule has 0 spiro atoms. The molecule has 19 N–H and O–H groups in total. The molecule has 0 aromatic heterocycles. The van der Waals surface area contributed by atoms with E-state index in [-0.39, 0.29) is 25.8 Å². The monoisotopic (exact) mass is 1020 g/mol. The Hall–Kier alpha value is -5.72. The lowest BCUT2D eigenvalue weighted by Crippen LogP contribution is -2.62. The van der Waals surface area contributed by atoms with E-state index in [2.05, 4.69) is 42.5 Å². The van der Waals surface area contributed by atoms with Gasteiger partial charge in [0, 0.05) is 6.54 Å². The topological polar surface area (TPSA) is 466 Å². The van der Waals surface area contributed by atoms with Crippen molar-refractivity contribution in [3.8, 4) is 0 Å². The molecule has 0 saturated carbocycles. The molecule has 0 aliphatic carbocycles. The van der Waals surface area contributed by atoms with Crippen LogP contribution in [0.5, 0.6) is 0 Å². The number of nitrogens with one attached hydrogen (secondary N) is 8. The van der Waals surface area contributed by atoms with Crippen LogP contribution in [0.15, 0.2) is 0 Å². The molecule has 28 nitrogen and oxygen atoms in total. The zero-order chi connectivity index (χ0) is 53.4. The van der Waals surface area contributed by atoms with E-state index in [4.69, 9.17) is 17.2 Å². The highest BCUT2D eigenvalue weighted by atomic mass is 32.2. The van der Waals surface area contributed by atoms with Crippen molar-refractivity contribution in [1.29, 1.82) is 0 Å². The molecule has 10 amide bonds.